The molecule has 0 aliphatic carbocycles. The van der Waals surface area contributed by atoms with Crippen molar-refractivity contribution >= 4 is 15.9 Å². The molecule has 19 heavy (non-hydrogen) atoms. The van der Waals surface area contributed by atoms with Gasteiger partial charge >= 0.3 is 0 Å². The summed E-state index contributed by atoms with van der Waals surface area (Å²) in [5.41, 5.74) is 6.84. The Hall–Kier alpha value is -1.46. The third-order valence-electron chi connectivity index (χ3n) is 2.64. The SMILES string of the molecule is CC(N)C(Oc1ccc(F)cc1Br)c1cccnc1. The Morgan fingerprint density at radius 3 is 2.74 bits per heavy atom. The highest BCUT2D eigenvalue weighted by atomic mass is 79.9. The molecule has 0 radical (unpaired) electrons. The summed E-state index contributed by atoms with van der Waals surface area (Å²) in [6.45, 7) is 1.86. The zero-order chi connectivity index (χ0) is 13.8. The van der Waals surface area contributed by atoms with E-state index in [1.54, 1.807) is 18.5 Å². The lowest BCUT2D eigenvalue weighted by atomic mass is 10.1. The number of benzene rings is 1. The van der Waals surface area contributed by atoms with E-state index in [1.807, 2.05) is 19.1 Å². The van der Waals surface area contributed by atoms with E-state index in [0.717, 1.165) is 5.56 Å². The van der Waals surface area contributed by atoms with Gasteiger partial charge in [-0.1, -0.05) is 6.07 Å². The van der Waals surface area contributed by atoms with Crippen LogP contribution in [0.15, 0.2) is 47.2 Å². The molecule has 2 unspecified atom stereocenters. The Labute approximate surface area is 119 Å². The topological polar surface area (TPSA) is 48.1 Å². The minimum atomic E-state index is -0.338. The Bertz CT molecular complexity index is 548. The van der Waals surface area contributed by atoms with Crippen LogP contribution in [0.3, 0.4) is 0 Å². The molecule has 1 aromatic heterocycles. The first-order chi connectivity index (χ1) is 9.08. The molecule has 2 N–H and O–H groups in total. The Morgan fingerprint density at radius 1 is 1.37 bits per heavy atom. The van der Waals surface area contributed by atoms with Crippen LogP contribution in [0.2, 0.25) is 0 Å². The summed E-state index contributed by atoms with van der Waals surface area (Å²) >= 11 is 3.28. The molecule has 100 valence electrons. The van der Waals surface area contributed by atoms with Crippen LogP contribution in [0, 0.1) is 5.82 Å². The molecule has 0 bridgehead atoms. The molecule has 0 saturated heterocycles. The number of nitrogens with zero attached hydrogens (tertiary/aromatic N) is 1. The first-order valence-electron chi connectivity index (χ1n) is 5.85. The predicted molar refractivity (Wildman–Crippen MR) is 75.4 cm³/mol. The Morgan fingerprint density at radius 2 is 2.16 bits per heavy atom. The van der Waals surface area contributed by atoms with Crippen LogP contribution in [0.25, 0.3) is 0 Å². The first kappa shape index (κ1) is 14.0. The fourth-order valence-electron chi connectivity index (χ4n) is 1.73. The molecular weight excluding hydrogens is 311 g/mol. The largest absolute Gasteiger partial charge is 0.483 e. The van der Waals surface area contributed by atoms with E-state index < -0.39 is 0 Å². The standard InChI is InChI=1S/C14H14BrFN2O/c1-9(17)14(10-3-2-6-18-8-10)19-13-5-4-11(16)7-12(13)15/h2-9,14H,17H2,1H3. The summed E-state index contributed by atoms with van der Waals surface area (Å²) in [6, 6.07) is 7.79. The van der Waals surface area contributed by atoms with E-state index in [0.29, 0.717) is 10.2 Å². The van der Waals surface area contributed by atoms with Gasteiger partial charge < -0.3 is 10.5 Å². The smallest absolute Gasteiger partial charge is 0.140 e. The molecule has 1 heterocycles. The monoisotopic (exact) mass is 324 g/mol. The van der Waals surface area contributed by atoms with Gasteiger partial charge in [0.05, 0.1) is 4.47 Å². The lowest BCUT2D eigenvalue weighted by Crippen LogP contribution is -2.29. The number of ether oxygens (including phenoxy) is 1. The lowest BCUT2D eigenvalue weighted by Gasteiger charge is -2.23. The summed E-state index contributed by atoms with van der Waals surface area (Å²) in [7, 11) is 0. The van der Waals surface area contributed by atoms with Gasteiger partial charge in [0.25, 0.3) is 0 Å². The van der Waals surface area contributed by atoms with Gasteiger partial charge in [-0.15, -0.1) is 0 Å². The van der Waals surface area contributed by atoms with Crippen LogP contribution in [-0.4, -0.2) is 11.0 Å². The molecule has 1 aromatic carbocycles. The average molecular weight is 325 g/mol. The minimum Gasteiger partial charge on any atom is -0.483 e. The van der Waals surface area contributed by atoms with Crippen molar-refractivity contribution in [2.24, 2.45) is 5.73 Å². The van der Waals surface area contributed by atoms with Gasteiger partial charge in [-0.05, 0) is 47.1 Å². The first-order valence-corrected chi connectivity index (χ1v) is 6.64. The molecule has 2 rings (SSSR count). The van der Waals surface area contributed by atoms with Gasteiger partial charge in [-0.2, -0.15) is 0 Å². The van der Waals surface area contributed by atoms with E-state index in [-0.39, 0.29) is 18.0 Å². The fourth-order valence-corrected chi connectivity index (χ4v) is 2.18. The van der Waals surface area contributed by atoms with Crippen molar-refractivity contribution < 1.29 is 9.13 Å². The van der Waals surface area contributed by atoms with Crippen molar-refractivity contribution in [3.8, 4) is 5.75 Å². The van der Waals surface area contributed by atoms with E-state index in [2.05, 4.69) is 20.9 Å². The molecule has 0 spiro atoms. The highest BCUT2D eigenvalue weighted by Gasteiger charge is 2.19. The van der Waals surface area contributed by atoms with Crippen molar-refractivity contribution in [1.29, 1.82) is 0 Å². The molecule has 5 heteroatoms. The molecule has 2 aromatic rings. The second-order valence-electron chi connectivity index (χ2n) is 4.26. The van der Waals surface area contributed by atoms with Crippen LogP contribution in [0.4, 0.5) is 4.39 Å². The van der Waals surface area contributed by atoms with Gasteiger partial charge in [-0.25, -0.2) is 4.39 Å². The van der Waals surface area contributed by atoms with Gasteiger partial charge in [0.15, 0.2) is 0 Å². The number of pyridine rings is 1. The number of halogens is 2. The van der Waals surface area contributed by atoms with Gasteiger partial charge in [0, 0.05) is 24.0 Å². The average Bonchev–Trinajstić information content (AvgIpc) is 2.38. The van der Waals surface area contributed by atoms with Crippen LogP contribution in [0.1, 0.15) is 18.6 Å². The number of hydrogen-bond acceptors (Lipinski definition) is 3. The third-order valence-corrected chi connectivity index (χ3v) is 3.26. The van der Waals surface area contributed by atoms with Gasteiger partial charge in [0.2, 0.25) is 0 Å². The summed E-state index contributed by atoms with van der Waals surface area (Å²) in [4.78, 5) is 4.06. The zero-order valence-electron chi connectivity index (χ0n) is 10.4. The van der Waals surface area contributed by atoms with Crippen molar-refractivity contribution in [1.82, 2.24) is 4.98 Å². The van der Waals surface area contributed by atoms with Gasteiger partial charge in [-0.3, -0.25) is 4.98 Å². The van der Waals surface area contributed by atoms with Crippen LogP contribution < -0.4 is 10.5 Å². The normalized spacial score (nSPS) is 13.9. The van der Waals surface area contributed by atoms with Gasteiger partial charge in [0.1, 0.15) is 17.7 Å². The molecule has 2 atom stereocenters. The molecule has 0 fully saturated rings. The highest BCUT2D eigenvalue weighted by molar-refractivity contribution is 9.10. The maximum atomic E-state index is 13.0. The number of nitrogens with two attached hydrogens (primary N) is 1. The van der Waals surface area contributed by atoms with Crippen LogP contribution in [-0.2, 0) is 0 Å². The number of aromatic nitrogens is 1. The summed E-state index contributed by atoms with van der Waals surface area (Å²) in [6.07, 6.45) is 3.07. The summed E-state index contributed by atoms with van der Waals surface area (Å²) in [5, 5.41) is 0. The van der Waals surface area contributed by atoms with E-state index >= 15 is 0 Å². The molecule has 0 amide bonds. The maximum absolute atomic E-state index is 13.0. The zero-order valence-corrected chi connectivity index (χ0v) is 12.0. The van der Waals surface area contributed by atoms with Crippen molar-refractivity contribution in [3.05, 3.63) is 58.6 Å². The van der Waals surface area contributed by atoms with Crippen LogP contribution >= 0.6 is 15.9 Å². The maximum Gasteiger partial charge on any atom is 0.140 e. The number of rotatable bonds is 4. The molecule has 0 aliphatic rings. The second-order valence-corrected chi connectivity index (χ2v) is 5.11. The van der Waals surface area contributed by atoms with Crippen molar-refractivity contribution in [2.45, 2.75) is 19.1 Å². The van der Waals surface area contributed by atoms with Crippen molar-refractivity contribution in [2.75, 3.05) is 0 Å². The Kier molecular flexibility index (Phi) is 4.50. The quantitative estimate of drug-likeness (QED) is 0.937. The second kappa shape index (κ2) is 6.12. The summed E-state index contributed by atoms with van der Waals surface area (Å²) < 4.78 is 19.5. The molecule has 0 saturated carbocycles. The predicted octanol–water partition coefficient (Wildman–Crippen LogP) is 3.45. The summed E-state index contributed by atoms with van der Waals surface area (Å²) in [5.74, 6) is 0.227. The number of hydrogen-bond donors (Lipinski definition) is 1. The third kappa shape index (κ3) is 3.52. The highest BCUT2D eigenvalue weighted by Crippen LogP contribution is 2.30. The Balaban J connectivity index is 2.27. The molecule has 0 aliphatic heterocycles. The van der Waals surface area contributed by atoms with E-state index in [4.69, 9.17) is 10.5 Å². The lowest BCUT2D eigenvalue weighted by molar-refractivity contribution is 0.178. The molecule has 3 nitrogen and oxygen atoms in total. The van der Waals surface area contributed by atoms with E-state index in [9.17, 15) is 4.39 Å². The minimum absolute atomic E-state index is 0.221. The van der Waals surface area contributed by atoms with Crippen LogP contribution in [0.5, 0.6) is 5.75 Å². The molecular formula is C14H14BrFN2O. The fraction of sp³-hybridized carbons (Fsp3) is 0.214. The van der Waals surface area contributed by atoms with Crippen molar-refractivity contribution in [3.63, 3.8) is 0 Å². The van der Waals surface area contributed by atoms with E-state index in [1.165, 1.54) is 12.1 Å².